The summed E-state index contributed by atoms with van der Waals surface area (Å²) in [6.07, 6.45) is 4.53. The van der Waals surface area contributed by atoms with Gasteiger partial charge in [-0.1, -0.05) is 11.6 Å². The van der Waals surface area contributed by atoms with Crippen LogP contribution in [-0.4, -0.2) is 50.1 Å². The molecule has 1 aromatic rings. The summed E-state index contributed by atoms with van der Waals surface area (Å²) >= 11 is 0. The number of nitrogens with one attached hydrogen (secondary N) is 3. The molecule has 9 heteroatoms. The molecule has 0 aliphatic carbocycles. The maximum absolute atomic E-state index is 12.0. The van der Waals surface area contributed by atoms with Gasteiger partial charge in [0.1, 0.15) is 5.82 Å². The molecule has 128 valence electrons. The second kappa shape index (κ2) is 7.71. The molecule has 0 saturated carbocycles. The van der Waals surface area contributed by atoms with Gasteiger partial charge in [0, 0.05) is 39.3 Å². The van der Waals surface area contributed by atoms with Crippen LogP contribution in [0, 0.1) is 6.92 Å². The fourth-order valence-corrected chi connectivity index (χ4v) is 3.23. The minimum Gasteiger partial charge on any atom is -0.352 e. The van der Waals surface area contributed by atoms with E-state index in [0.717, 1.165) is 19.5 Å². The Balaban J connectivity index is 1.75. The summed E-state index contributed by atoms with van der Waals surface area (Å²) in [4.78, 5) is 15.7. The molecular weight excluding hydrogens is 318 g/mol. The third-order valence-electron chi connectivity index (χ3n) is 3.68. The number of sulfonamides is 1. The van der Waals surface area contributed by atoms with E-state index >= 15 is 0 Å². The highest BCUT2D eigenvalue weighted by atomic mass is 32.2. The average molecular weight is 341 g/mol. The highest BCUT2D eigenvalue weighted by Crippen LogP contribution is 2.07. The topological polar surface area (TPSA) is 105 Å². The monoisotopic (exact) mass is 341 g/mol. The maximum Gasteiger partial charge on any atom is 0.259 e. The van der Waals surface area contributed by atoms with Gasteiger partial charge in [-0.2, -0.15) is 0 Å². The molecule has 0 unspecified atom stereocenters. The molecule has 1 amide bonds. The van der Waals surface area contributed by atoms with Crippen molar-refractivity contribution in [3.8, 4) is 0 Å². The van der Waals surface area contributed by atoms with Crippen LogP contribution in [-0.2, 0) is 21.9 Å². The second-order valence-corrected chi connectivity index (χ2v) is 7.19. The molecular formula is C14H23N5O3S. The molecule has 0 aromatic carbocycles. The van der Waals surface area contributed by atoms with E-state index < -0.39 is 10.0 Å². The Morgan fingerprint density at radius 2 is 2.26 bits per heavy atom. The second-order valence-electron chi connectivity index (χ2n) is 5.48. The van der Waals surface area contributed by atoms with Gasteiger partial charge < -0.3 is 15.2 Å². The van der Waals surface area contributed by atoms with E-state index in [1.165, 1.54) is 11.8 Å². The Morgan fingerprint density at radius 1 is 1.48 bits per heavy atom. The van der Waals surface area contributed by atoms with Crippen molar-refractivity contribution >= 4 is 15.9 Å². The summed E-state index contributed by atoms with van der Waals surface area (Å²) in [5.41, 5.74) is 1.20. The van der Waals surface area contributed by atoms with Crippen molar-refractivity contribution in [2.45, 2.75) is 24.8 Å². The SMILES string of the molecule is Cc1nc(S(=O)(=O)NCCC(=O)NCC2=CCNCC2)cn1C. The van der Waals surface area contributed by atoms with Gasteiger partial charge in [-0.25, -0.2) is 18.1 Å². The van der Waals surface area contributed by atoms with Crippen LogP contribution in [0.25, 0.3) is 0 Å². The zero-order valence-corrected chi connectivity index (χ0v) is 14.2. The number of amides is 1. The first kappa shape index (κ1) is 17.6. The normalized spacial score (nSPS) is 15.3. The van der Waals surface area contributed by atoms with Gasteiger partial charge in [-0.3, -0.25) is 4.79 Å². The minimum absolute atomic E-state index is 0.0298. The van der Waals surface area contributed by atoms with Crippen molar-refractivity contribution < 1.29 is 13.2 Å². The molecule has 0 spiro atoms. The highest BCUT2D eigenvalue weighted by molar-refractivity contribution is 7.89. The summed E-state index contributed by atoms with van der Waals surface area (Å²) in [5, 5.41) is 5.97. The summed E-state index contributed by atoms with van der Waals surface area (Å²) in [6.45, 7) is 4.04. The van der Waals surface area contributed by atoms with Crippen molar-refractivity contribution in [2.24, 2.45) is 7.05 Å². The molecule has 2 heterocycles. The van der Waals surface area contributed by atoms with Gasteiger partial charge in [0.05, 0.1) is 0 Å². The van der Waals surface area contributed by atoms with E-state index in [1.807, 2.05) is 0 Å². The number of aryl methyl sites for hydroxylation is 2. The lowest BCUT2D eigenvalue weighted by Crippen LogP contribution is -2.33. The van der Waals surface area contributed by atoms with Crippen molar-refractivity contribution in [2.75, 3.05) is 26.2 Å². The molecule has 1 aliphatic rings. The van der Waals surface area contributed by atoms with Crippen LogP contribution in [0.2, 0.25) is 0 Å². The molecule has 1 aromatic heterocycles. The quantitative estimate of drug-likeness (QED) is 0.576. The fourth-order valence-electron chi connectivity index (χ4n) is 2.16. The minimum atomic E-state index is -3.67. The molecule has 0 saturated heterocycles. The predicted molar refractivity (Wildman–Crippen MR) is 86.3 cm³/mol. The van der Waals surface area contributed by atoms with E-state index in [4.69, 9.17) is 0 Å². The standard InChI is InChI=1S/C14H23N5O3S/c1-11-18-14(10-19(11)2)23(21,22)17-8-5-13(20)16-9-12-3-6-15-7-4-12/h3,10,15,17H,4-9H2,1-2H3,(H,16,20). The van der Waals surface area contributed by atoms with Gasteiger partial charge in [0.15, 0.2) is 5.03 Å². The van der Waals surface area contributed by atoms with Crippen LogP contribution in [0.3, 0.4) is 0 Å². The van der Waals surface area contributed by atoms with E-state index in [2.05, 4.69) is 26.4 Å². The lowest BCUT2D eigenvalue weighted by atomic mass is 10.1. The van der Waals surface area contributed by atoms with Crippen molar-refractivity contribution in [1.29, 1.82) is 0 Å². The molecule has 1 aliphatic heterocycles. The third kappa shape index (κ3) is 5.15. The van der Waals surface area contributed by atoms with Gasteiger partial charge >= 0.3 is 0 Å². The van der Waals surface area contributed by atoms with Gasteiger partial charge in [0.25, 0.3) is 10.0 Å². The lowest BCUT2D eigenvalue weighted by molar-refractivity contribution is -0.120. The molecule has 0 fully saturated rings. The zero-order valence-electron chi connectivity index (χ0n) is 13.4. The Morgan fingerprint density at radius 3 is 2.87 bits per heavy atom. The number of carbonyl (C=O) groups excluding carboxylic acids is 1. The molecule has 0 bridgehead atoms. The number of carbonyl (C=O) groups is 1. The predicted octanol–water partition coefficient (Wildman–Crippen LogP) is -0.567. The lowest BCUT2D eigenvalue weighted by Gasteiger charge is -2.14. The molecule has 3 N–H and O–H groups in total. The van der Waals surface area contributed by atoms with Crippen LogP contribution >= 0.6 is 0 Å². The molecule has 2 rings (SSSR count). The Kier molecular flexibility index (Phi) is 5.91. The van der Waals surface area contributed by atoms with Gasteiger partial charge in [-0.05, 0) is 19.9 Å². The largest absolute Gasteiger partial charge is 0.352 e. The van der Waals surface area contributed by atoms with Crippen molar-refractivity contribution in [3.63, 3.8) is 0 Å². The van der Waals surface area contributed by atoms with E-state index in [0.29, 0.717) is 12.4 Å². The van der Waals surface area contributed by atoms with Crippen LogP contribution in [0.1, 0.15) is 18.7 Å². The van der Waals surface area contributed by atoms with E-state index in [-0.39, 0.29) is 23.9 Å². The van der Waals surface area contributed by atoms with Crippen LogP contribution < -0.4 is 15.4 Å². The summed E-state index contributed by atoms with van der Waals surface area (Å²) in [6, 6.07) is 0. The highest BCUT2D eigenvalue weighted by Gasteiger charge is 2.18. The number of aromatic nitrogens is 2. The Hall–Kier alpha value is -1.71. The Bertz CT molecular complexity index is 674. The number of hydrogen-bond donors (Lipinski definition) is 3. The molecule has 0 radical (unpaired) electrons. The molecule has 0 atom stereocenters. The Labute approximate surface area is 136 Å². The smallest absolute Gasteiger partial charge is 0.259 e. The first-order valence-corrected chi connectivity index (χ1v) is 9.02. The third-order valence-corrected chi connectivity index (χ3v) is 5.01. The van der Waals surface area contributed by atoms with Crippen LogP contribution in [0.15, 0.2) is 22.9 Å². The summed E-state index contributed by atoms with van der Waals surface area (Å²) < 4.78 is 28.1. The number of rotatable bonds is 7. The van der Waals surface area contributed by atoms with Gasteiger partial charge in [0.2, 0.25) is 5.91 Å². The van der Waals surface area contributed by atoms with Gasteiger partial charge in [-0.15, -0.1) is 0 Å². The van der Waals surface area contributed by atoms with E-state index in [9.17, 15) is 13.2 Å². The first-order chi connectivity index (χ1) is 10.9. The summed E-state index contributed by atoms with van der Waals surface area (Å²) in [5.74, 6) is 0.433. The zero-order chi connectivity index (χ0) is 16.9. The van der Waals surface area contributed by atoms with Crippen LogP contribution in [0.5, 0.6) is 0 Å². The fraction of sp³-hybridized carbons (Fsp3) is 0.571. The number of imidazole rings is 1. The first-order valence-electron chi connectivity index (χ1n) is 7.53. The average Bonchev–Trinajstić information content (AvgIpc) is 2.86. The molecule has 8 nitrogen and oxygen atoms in total. The number of nitrogens with zero attached hydrogens (tertiary/aromatic N) is 2. The van der Waals surface area contributed by atoms with Crippen molar-refractivity contribution in [3.05, 3.63) is 23.7 Å². The molecule has 23 heavy (non-hydrogen) atoms. The van der Waals surface area contributed by atoms with Crippen molar-refractivity contribution in [1.82, 2.24) is 24.9 Å². The maximum atomic E-state index is 12.0. The summed E-state index contributed by atoms with van der Waals surface area (Å²) in [7, 11) is -1.95. The number of hydrogen-bond acceptors (Lipinski definition) is 5. The van der Waals surface area contributed by atoms with E-state index in [1.54, 1.807) is 18.5 Å². The van der Waals surface area contributed by atoms with Crippen LogP contribution in [0.4, 0.5) is 0 Å².